The number of hydrogen-bond donors (Lipinski definition) is 1. The minimum atomic E-state index is 0.688. The van der Waals surface area contributed by atoms with Gasteiger partial charge < -0.3 is 0 Å². The average Bonchev–Trinajstić information content (AvgIpc) is 3.03. The molecule has 4 nitrogen and oxygen atoms in total. The van der Waals surface area contributed by atoms with Gasteiger partial charge in [-0.05, 0) is 48.2 Å². The van der Waals surface area contributed by atoms with Crippen LogP contribution in [0, 0.1) is 10.7 Å². The summed E-state index contributed by atoms with van der Waals surface area (Å²) in [7, 11) is 0. The Hall–Kier alpha value is -1.14. The monoisotopic (exact) mass is 278 g/mol. The topological polar surface area (TPSA) is 46.5 Å². The van der Waals surface area contributed by atoms with Gasteiger partial charge in [0.1, 0.15) is 5.69 Å². The van der Waals surface area contributed by atoms with E-state index >= 15 is 0 Å². The predicted molar refractivity (Wildman–Crippen MR) is 76.1 cm³/mol. The Kier molecular flexibility index (Phi) is 3.47. The fraction of sp³-hybridized carbons (Fsp3) is 0.417. The van der Waals surface area contributed by atoms with Crippen LogP contribution >= 0.6 is 24.0 Å². The number of pyridine rings is 1. The van der Waals surface area contributed by atoms with Gasteiger partial charge in [0.2, 0.25) is 0 Å². The summed E-state index contributed by atoms with van der Waals surface area (Å²) >= 11 is 7.34. The van der Waals surface area contributed by atoms with Crippen molar-refractivity contribution in [2.45, 2.75) is 13.0 Å². The highest BCUT2D eigenvalue weighted by Gasteiger charge is 2.19. The molecule has 0 aromatic carbocycles. The molecule has 1 fully saturated rings. The number of H-pyrrole nitrogens is 1. The number of nitrogens with one attached hydrogen (secondary N) is 1. The molecule has 94 valence electrons. The molecule has 18 heavy (non-hydrogen) atoms. The van der Waals surface area contributed by atoms with Gasteiger partial charge in [0.05, 0.1) is 0 Å². The van der Waals surface area contributed by atoms with E-state index in [1.165, 1.54) is 17.9 Å². The molecule has 3 heterocycles. The van der Waals surface area contributed by atoms with Gasteiger partial charge in [0, 0.05) is 12.7 Å². The van der Waals surface area contributed by atoms with Gasteiger partial charge in [0.25, 0.3) is 0 Å². The number of hydrogen-bond acceptors (Lipinski definition) is 4. The first-order valence-electron chi connectivity index (χ1n) is 5.99. The smallest absolute Gasteiger partial charge is 0.195 e. The third kappa shape index (κ3) is 2.35. The van der Waals surface area contributed by atoms with Crippen LogP contribution in [-0.2, 0) is 6.54 Å². The maximum absolute atomic E-state index is 5.32. The lowest BCUT2D eigenvalue weighted by atomic mass is 10.1. The summed E-state index contributed by atoms with van der Waals surface area (Å²) in [6.07, 6.45) is 3.04. The molecular formula is C12H14N4S2. The van der Waals surface area contributed by atoms with Crippen LogP contribution < -0.4 is 0 Å². The Balaban J connectivity index is 1.93. The Morgan fingerprint density at radius 1 is 1.50 bits per heavy atom. The van der Waals surface area contributed by atoms with Gasteiger partial charge in [-0.25, -0.2) is 0 Å². The van der Waals surface area contributed by atoms with Crippen LogP contribution in [0.5, 0.6) is 0 Å². The van der Waals surface area contributed by atoms with Gasteiger partial charge >= 0.3 is 0 Å². The molecule has 1 atom stereocenters. The van der Waals surface area contributed by atoms with Crippen molar-refractivity contribution in [3.05, 3.63) is 29.2 Å². The zero-order valence-electron chi connectivity index (χ0n) is 9.87. The highest BCUT2D eigenvalue weighted by Crippen LogP contribution is 2.26. The Labute approximate surface area is 115 Å². The number of aromatic nitrogens is 4. The molecule has 2 aromatic heterocycles. The SMILES string of the molecule is S=c1[nH]nc(-c2ccccn2)n1CC1CCSC1. The second-order valence-electron chi connectivity index (χ2n) is 4.41. The second kappa shape index (κ2) is 5.24. The number of aromatic amines is 1. The summed E-state index contributed by atoms with van der Waals surface area (Å²) in [6, 6.07) is 5.84. The number of nitrogens with zero attached hydrogens (tertiary/aromatic N) is 3. The molecule has 0 amide bonds. The Morgan fingerprint density at radius 2 is 2.44 bits per heavy atom. The summed E-state index contributed by atoms with van der Waals surface area (Å²) in [5.74, 6) is 4.02. The largest absolute Gasteiger partial charge is 0.299 e. The Morgan fingerprint density at radius 3 is 3.17 bits per heavy atom. The van der Waals surface area contributed by atoms with Crippen LogP contribution in [0.25, 0.3) is 11.5 Å². The van der Waals surface area contributed by atoms with Crippen molar-refractivity contribution in [3.8, 4) is 11.5 Å². The zero-order chi connectivity index (χ0) is 12.4. The first kappa shape index (κ1) is 11.9. The molecule has 3 rings (SSSR count). The molecule has 6 heteroatoms. The molecule has 0 radical (unpaired) electrons. The molecule has 1 saturated heterocycles. The van der Waals surface area contributed by atoms with Gasteiger partial charge in [-0.2, -0.15) is 16.9 Å². The van der Waals surface area contributed by atoms with Crippen molar-refractivity contribution >= 4 is 24.0 Å². The van der Waals surface area contributed by atoms with E-state index in [0.717, 1.165) is 18.1 Å². The third-order valence-electron chi connectivity index (χ3n) is 3.12. The van der Waals surface area contributed by atoms with Crippen molar-refractivity contribution in [3.63, 3.8) is 0 Å². The van der Waals surface area contributed by atoms with Crippen molar-refractivity contribution < 1.29 is 0 Å². The molecule has 1 N–H and O–H groups in total. The summed E-state index contributed by atoms with van der Waals surface area (Å²) in [5, 5.41) is 7.18. The molecule has 0 aliphatic carbocycles. The minimum absolute atomic E-state index is 0.688. The molecule has 1 unspecified atom stereocenters. The van der Waals surface area contributed by atoms with Crippen molar-refractivity contribution in [2.24, 2.45) is 5.92 Å². The predicted octanol–water partition coefficient (Wildman–Crippen LogP) is 2.76. The van der Waals surface area contributed by atoms with E-state index in [1.54, 1.807) is 6.20 Å². The second-order valence-corrected chi connectivity index (χ2v) is 5.94. The normalized spacial score (nSPS) is 19.2. The lowest BCUT2D eigenvalue weighted by molar-refractivity contribution is 0.491. The summed E-state index contributed by atoms with van der Waals surface area (Å²) in [5.41, 5.74) is 0.871. The Bertz CT molecular complexity index is 569. The van der Waals surface area contributed by atoms with E-state index in [0.29, 0.717) is 10.7 Å². The van der Waals surface area contributed by atoms with Crippen LogP contribution in [0.4, 0.5) is 0 Å². The molecule has 1 aliphatic rings. The lowest BCUT2D eigenvalue weighted by Crippen LogP contribution is -2.11. The number of rotatable bonds is 3. The van der Waals surface area contributed by atoms with E-state index in [1.807, 2.05) is 30.0 Å². The fourth-order valence-corrected chi connectivity index (χ4v) is 3.64. The highest BCUT2D eigenvalue weighted by atomic mass is 32.2. The molecule has 0 spiro atoms. The first-order valence-corrected chi connectivity index (χ1v) is 7.55. The standard InChI is InChI=1S/C12H14N4S2/c17-12-15-14-11(10-3-1-2-5-13-10)16(12)7-9-4-6-18-8-9/h1-3,5,9H,4,6-8H2,(H,15,17). The maximum Gasteiger partial charge on any atom is 0.195 e. The average molecular weight is 278 g/mol. The molecule has 1 aliphatic heterocycles. The van der Waals surface area contributed by atoms with E-state index in [2.05, 4.69) is 19.7 Å². The summed E-state index contributed by atoms with van der Waals surface area (Å²) in [6.45, 7) is 0.939. The molecule has 0 saturated carbocycles. The van der Waals surface area contributed by atoms with E-state index < -0.39 is 0 Å². The van der Waals surface area contributed by atoms with Crippen molar-refractivity contribution in [1.29, 1.82) is 0 Å². The van der Waals surface area contributed by atoms with E-state index in [-0.39, 0.29) is 0 Å². The van der Waals surface area contributed by atoms with E-state index in [9.17, 15) is 0 Å². The van der Waals surface area contributed by atoms with Crippen LogP contribution in [-0.4, -0.2) is 31.3 Å². The van der Waals surface area contributed by atoms with Crippen LogP contribution in [0.15, 0.2) is 24.4 Å². The third-order valence-corrected chi connectivity index (χ3v) is 4.66. The molecule has 0 bridgehead atoms. The van der Waals surface area contributed by atoms with Gasteiger partial charge in [-0.1, -0.05) is 6.07 Å². The van der Waals surface area contributed by atoms with Crippen molar-refractivity contribution in [2.75, 3.05) is 11.5 Å². The highest BCUT2D eigenvalue weighted by molar-refractivity contribution is 7.99. The first-order chi connectivity index (χ1) is 8.84. The molecular weight excluding hydrogens is 264 g/mol. The summed E-state index contributed by atoms with van der Waals surface area (Å²) in [4.78, 5) is 4.34. The molecule has 2 aromatic rings. The minimum Gasteiger partial charge on any atom is -0.299 e. The quantitative estimate of drug-likeness (QED) is 0.877. The van der Waals surface area contributed by atoms with Crippen molar-refractivity contribution in [1.82, 2.24) is 19.7 Å². The van der Waals surface area contributed by atoms with Crippen LogP contribution in [0.1, 0.15) is 6.42 Å². The van der Waals surface area contributed by atoms with Crippen LogP contribution in [0.3, 0.4) is 0 Å². The summed E-state index contributed by atoms with van der Waals surface area (Å²) < 4.78 is 2.77. The number of thioether (sulfide) groups is 1. The van der Waals surface area contributed by atoms with Crippen LogP contribution in [0.2, 0.25) is 0 Å². The zero-order valence-corrected chi connectivity index (χ0v) is 11.5. The maximum atomic E-state index is 5.32. The van der Waals surface area contributed by atoms with Gasteiger partial charge in [-0.15, -0.1) is 0 Å². The lowest BCUT2D eigenvalue weighted by Gasteiger charge is -2.11. The van der Waals surface area contributed by atoms with Gasteiger partial charge in [0.15, 0.2) is 10.6 Å². The van der Waals surface area contributed by atoms with Gasteiger partial charge in [-0.3, -0.25) is 14.6 Å². The fourth-order valence-electron chi connectivity index (χ4n) is 2.16. The van der Waals surface area contributed by atoms with E-state index in [4.69, 9.17) is 12.2 Å².